The predicted octanol–water partition coefficient (Wildman–Crippen LogP) is 3.65. The van der Waals surface area contributed by atoms with Crippen molar-refractivity contribution in [2.45, 2.75) is 13.8 Å². The number of aromatic nitrogens is 2. The molecule has 2 aromatic carbocycles. The van der Waals surface area contributed by atoms with Crippen LogP contribution in [0.2, 0.25) is 5.02 Å². The highest BCUT2D eigenvalue weighted by molar-refractivity contribution is 6.30. The molecular formula is C22H24ClN5O2. The molecule has 0 saturated heterocycles. The number of hydrogen-bond acceptors (Lipinski definition) is 4. The molecule has 0 atom stereocenters. The number of amides is 2. The van der Waals surface area contributed by atoms with Gasteiger partial charge < -0.3 is 10.6 Å². The van der Waals surface area contributed by atoms with Crippen molar-refractivity contribution in [1.29, 1.82) is 0 Å². The number of benzene rings is 2. The van der Waals surface area contributed by atoms with Crippen LogP contribution in [-0.4, -0.2) is 46.6 Å². The summed E-state index contributed by atoms with van der Waals surface area (Å²) in [7, 11) is 1.71. The van der Waals surface area contributed by atoms with Crippen molar-refractivity contribution >= 4 is 34.9 Å². The van der Waals surface area contributed by atoms with Crippen molar-refractivity contribution in [3.8, 4) is 5.69 Å². The predicted molar refractivity (Wildman–Crippen MR) is 119 cm³/mol. The van der Waals surface area contributed by atoms with E-state index in [1.54, 1.807) is 40.9 Å². The molecule has 2 N–H and O–H groups in total. The molecule has 0 spiro atoms. The number of nitrogens with one attached hydrogen (secondary N) is 2. The van der Waals surface area contributed by atoms with Crippen LogP contribution in [0.15, 0.2) is 54.6 Å². The van der Waals surface area contributed by atoms with Crippen LogP contribution in [0.5, 0.6) is 0 Å². The van der Waals surface area contributed by atoms with Crippen molar-refractivity contribution in [2.24, 2.45) is 0 Å². The molecule has 0 saturated carbocycles. The number of hydrogen-bond donors (Lipinski definition) is 2. The lowest BCUT2D eigenvalue weighted by molar-refractivity contribution is -0.119. The van der Waals surface area contributed by atoms with Gasteiger partial charge in [0.25, 0.3) is 0 Å². The van der Waals surface area contributed by atoms with E-state index in [-0.39, 0.29) is 24.9 Å². The Hall–Kier alpha value is -3.16. The SMILES string of the molecule is Cc1ccc(-n2nc(C)cc2NC(=O)CN(C)CC(=O)Nc2ccc(Cl)cc2)cc1. The molecular weight excluding hydrogens is 402 g/mol. The topological polar surface area (TPSA) is 79.3 Å². The smallest absolute Gasteiger partial charge is 0.239 e. The quantitative estimate of drug-likeness (QED) is 0.605. The molecule has 156 valence electrons. The summed E-state index contributed by atoms with van der Waals surface area (Å²) in [5.41, 5.74) is 3.45. The van der Waals surface area contributed by atoms with Crippen LogP contribution in [0.1, 0.15) is 11.3 Å². The Morgan fingerprint density at radius 2 is 1.57 bits per heavy atom. The van der Waals surface area contributed by atoms with Gasteiger partial charge in [0.2, 0.25) is 11.8 Å². The second kappa shape index (κ2) is 9.56. The van der Waals surface area contributed by atoms with Crippen molar-refractivity contribution in [1.82, 2.24) is 14.7 Å². The van der Waals surface area contributed by atoms with E-state index in [1.165, 1.54) is 0 Å². The molecule has 3 aromatic rings. The summed E-state index contributed by atoms with van der Waals surface area (Å²) in [5.74, 6) is 0.138. The van der Waals surface area contributed by atoms with E-state index in [2.05, 4.69) is 15.7 Å². The lowest BCUT2D eigenvalue weighted by Gasteiger charge is -2.16. The first-order valence-corrected chi connectivity index (χ1v) is 9.85. The van der Waals surface area contributed by atoms with Gasteiger partial charge in [-0.1, -0.05) is 29.3 Å². The molecule has 1 heterocycles. The van der Waals surface area contributed by atoms with Gasteiger partial charge in [0.15, 0.2) is 0 Å². The normalized spacial score (nSPS) is 10.8. The first kappa shape index (κ1) is 21.5. The fourth-order valence-corrected chi connectivity index (χ4v) is 3.06. The van der Waals surface area contributed by atoms with E-state index in [0.717, 1.165) is 16.9 Å². The Balaban J connectivity index is 1.57. The molecule has 8 heteroatoms. The number of rotatable bonds is 7. The zero-order valence-corrected chi connectivity index (χ0v) is 17.9. The molecule has 0 aliphatic carbocycles. The third kappa shape index (κ3) is 5.92. The second-order valence-electron chi connectivity index (χ2n) is 7.19. The average molecular weight is 426 g/mol. The standard InChI is InChI=1S/C22H24ClN5O2/c1-15-4-10-19(11-5-15)28-20(12-16(2)26-28)25-22(30)14-27(3)13-21(29)24-18-8-6-17(23)7-9-18/h4-12H,13-14H2,1-3H3,(H,24,29)(H,25,30). The third-order valence-corrected chi connectivity index (χ3v) is 4.58. The first-order chi connectivity index (χ1) is 14.3. The summed E-state index contributed by atoms with van der Waals surface area (Å²) in [5, 5.41) is 10.7. The number of nitrogens with zero attached hydrogens (tertiary/aromatic N) is 3. The summed E-state index contributed by atoms with van der Waals surface area (Å²) in [4.78, 5) is 26.3. The van der Waals surface area contributed by atoms with Crippen molar-refractivity contribution < 1.29 is 9.59 Å². The number of halogens is 1. The molecule has 2 amide bonds. The highest BCUT2D eigenvalue weighted by Gasteiger charge is 2.14. The first-order valence-electron chi connectivity index (χ1n) is 9.47. The van der Waals surface area contributed by atoms with Gasteiger partial charge in [0, 0.05) is 16.8 Å². The van der Waals surface area contributed by atoms with Gasteiger partial charge in [-0.15, -0.1) is 0 Å². The zero-order chi connectivity index (χ0) is 21.7. The van der Waals surface area contributed by atoms with E-state index in [0.29, 0.717) is 16.5 Å². The second-order valence-corrected chi connectivity index (χ2v) is 7.63. The molecule has 1 aromatic heterocycles. The van der Waals surface area contributed by atoms with Gasteiger partial charge in [-0.3, -0.25) is 14.5 Å². The van der Waals surface area contributed by atoms with Crippen LogP contribution in [0.25, 0.3) is 5.69 Å². The lowest BCUT2D eigenvalue weighted by atomic mass is 10.2. The maximum atomic E-state index is 12.5. The fourth-order valence-electron chi connectivity index (χ4n) is 2.93. The van der Waals surface area contributed by atoms with Crippen LogP contribution < -0.4 is 10.6 Å². The summed E-state index contributed by atoms with van der Waals surface area (Å²) >= 11 is 5.84. The zero-order valence-electron chi connectivity index (χ0n) is 17.1. The molecule has 0 aliphatic heterocycles. The summed E-state index contributed by atoms with van der Waals surface area (Å²) in [6, 6.07) is 16.5. The van der Waals surface area contributed by atoms with Gasteiger partial charge in [-0.25, -0.2) is 4.68 Å². The van der Waals surface area contributed by atoms with Gasteiger partial charge in [-0.05, 0) is 57.3 Å². The van der Waals surface area contributed by atoms with Gasteiger partial charge in [0.1, 0.15) is 5.82 Å². The van der Waals surface area contributed by atoms with Crippen LogP contribution in [0, 0.1) is 13.8 Å². The molecule has 0 aliphatic rings. The van der Waals surface area contributed by atoms with Crippen LogP contribution in [0.4, 0.5) is 11.5 Å². The molecule has 0 unspecified atom stereocenters. The Labute approximate surface area is 180 Å². The summed E-state index contributed by atoms with van der Waals surface area (Å²) < 4.78 is 1.69. The van der Waals surface area contributed by atoms with Crippen LogP contribution >= 0.6 is 11.6 Å². The number of carbonyl (C=O) groups is 2. The minimum absolute atomic E-state index is 0.0617. The minimum atomic E-state index is -0.231. The maximum Gasteiger partial charge on any atom is 0.239 e. The molecule has 30 heavy (non-hydrogen) atoms. The highest BCUT2D eigenvalue weighted by Crippen LogP contribution is 2.18. The number of anilines is 2. The molecule has 0 radical (unpaired) electrons. The molecule has 0 fully saturated rings. The van der Waals surface area contributed by atoms with E-state index in [1.807, 2.05) is 44.2 Å². The highest BCUT2D eigenvalue weighted by atomic mass is 35.5. The lowest BCUT2D eigenvalue weighted by Crippen LogP contribution is -2.36. The summed E-state index contributed by atoms with van der Waals surface area (Å²) in [6.45, 7) is 4.02. The molecule has 0 bridgehead atoms. The van der Waals surface area contributed by atoms with E-state index in [4.69, 9.17) is 11.6 Å². The van der Waals surface area contributed by atoms with Crippen molar-refractivity contribution in [3.05, 3.63) is 70.9 Å². The summed E-state index contributed by atoms with van der Waals surface area (Å²) in [6.07, 6.45) is 0. The maximum absolute atomic E-state index is 12.5. The van der Waals surface area contributed by atoms with Gasteiger partial charge in [0.05, 0.1) is 24.5 Å². The molecule has 7 nitrogen and oxygen atoms in total. The van der Waals surface area contributed by atoms with E-state index < -0.39 is 0 Å². The van der Waals surface area contributed by atoms with Crippen molar-refractivity contribution in [2.75, 3.05) is 30.8 Å². The number of aryl methyl sites for hydroxylation is 2. The average Bonchev–Trinajstić information content (AvgIpc) is 3.03. The largest absolute Gasteiger partial charge is 0.325 e. The van der Waals surface area contributed by atoms with Crippen LogP contribution in [-0.2, 0) is 9.59 Å². The Morgan fingerprint density at radius 1 is 0.967 bits per heavy atom. The Kier molecular flexibility index (Phi) is 6.87. The minimum Gasteiger partial charge on any atom is -0.325 e. The van der Waals surface area contributed by atoms with Crippen molar-refractivity contribution in [3.63, 3.8) is 0 Å². The monoisotopic (exact) mass is 425 g/mol. The fraction of sp³-hybridized carbons (Fsp3) is 0.227. The van der Waals surface area contributed by atoms with Crippen LogP contribution in [0.3, 0.4) is 0 Å². The van der Waals surface area contributed by atoms with E-state index >= 15 is 0 Å². The number of likely N-dealkylation sites (N-methyl/N-ethyl adjacent to an activating group) is 1. The van der Waals surface area contributed by atoms with Gasteiger partial charge in [-0.2, -0.15) is 5.10 Å². The third-order valence-electron chi connectivity index (χ3n) is 4.33. The Morgan fingerprint density at radius 3 is 2.20 bits per heavy atom. The van der Waals surface area contributed by atoms with Gasteiger partial charge >= 0.3 is 0 Å². The molecule has 3 rings (SSSR count). The van der Waals surface area contributed by atoms with E-state index in [9.17, 15) is 9.59 Å². The Bertz CT molecular complexity index is 1030. The number of carbonyl (C=O) groups excluding carboxylic acids is 2.